The van der Waals surface area contributed by atoms with Gasteiger partial charge < -0.3 is 0 Å². The van der Waals surface area contributed by atoms with Crippen LogP contribution in [0.25, 0.3) is 0 Å². The molecule has 0 nitrogen and oxygen atoms in total. The van der Waals surface area contributed by atoms with Gasteiger partial charge in [-0.1, -0.05) is 84.7 Å². The van der Waals surface area contributed by atoms with Crippen LogP contribution in [0.15, 0.2) is 48.5 Å². The zero-order chi connectivity index (χ0) is 15.5. The fourth-order valence-corrected chi connectivity index (χ4v) is 3.23. The summed E-state index contributed by atoms with van der Waals surface area (Å²) in [5, 5.41) is 0.798. The molecule has 0 heterocycles. The van der Waals surface area contributed by atoms with Crippen molar-refractivity contribution in [1.29, 1.82) is 0 Å². The predicted molar refractivity (Wildman–Crippen MR) is 96.6 cm³/mol. The van der Waals surface area contributed by atoms with Crippen molar-refractivity contribution in [1.82, 2.24) is 0 Å². The minimum atomic E-state index is 0.243. The summed E-state index contributed by atoms with van der Waals surface area (Å²) in [5.74, 6) is 0. The lowest BCUT2D eigenvalue weighted by molar-refractivity contribution is 0.506. The van der Waals surface area contributed by atoms with E-state index < -0.39 is 0 Å². The van der Waals surface area contributed by atoms with Crippen LogP contribution in [0.1, 0.15) is 48.7 Å². The highest BCUT2D eigenvalue weighted by molar-refractivity contribution is 9.09. The van der Waals surface area contributed by atoms with Gasteiger partial charge in [0.25, 0.3) is 0 Å². The van der Waals surface area contributed by atoms with Gasteiger partial charge in [0, 0.05) is 9.85 Å². The van der Waals surface area contributed by atoms with Gasteiger partial charge in [0.1, 0.15) is 0 Å². The minimum absolute atomic E-state index is 0.243. The fraction of sp³-hybridized carbons (Fsp3) is 0.368. The third kappa shape index (κ3) is 4.34. The molecule has 2 aromatic rings. The monoisotopic (exact) mass is 364 g/mol. The summed E-state index contributed by atoms with van der Waals surface area (Å²) in [5.41, 5.74) is 4.21. The molecule has 2 rings (SSSR count). The number of halogens is 2. The summed E-state index contributed by atoms with van der Waals surface area (Å²) in [6, 6.07) is 17.0. The van der Waals surface area contributed by atoms with Crippen LogP contribution in [0.2, 0.25) is 5.02 Å². The van der Waals surface area contributed by atoms with Crippen molar-refractivity contribution in [2.45, 2.75) is 43.9 Å². The van der Waals surface area contributed by atoms with Crippen molar-refractivity contribution in [2.75, 3.05) is 0 Å². The van der Waals surface area contributed by atoms with Crippen molar-refractivity contribution < 1.29 is 0 Å². The van der Waals surface area contributed by atoms with Gasteiger partial charge in [0.15, 0.2) is 0 Å². The van der Waals surface area contributed by atoms with E-state index in [1.807, 2.05) is 18.2 Å². The number of alkyl halides is 1. The number of hydrogen-bond donors (Lipinski definition) is 0. The molecule has 0 saturated heterocycles. The molecule has 0 spiro atoms. The smallest absolute Gasteiger partial charge is 0.0435 e. The van der Waals surface area contributed by atoms with E-state index in [2.05, 4.69) is 67.0 Å². The molecule has 0 aliphatic carbocycles. The van der Waals surface area contributed by atoms with Crippen LogP contribution in [0.4, 0.5) is 0 Å². The Labute approximate surface area is 141 Å². The van der Waals surface area contributed by atoms with E-state index in [0.717, 1.165) is 17.9 Å². The second-order valence-electron chi connectivity index (χ2n) is 6.16. The zero-order valence-corrected chi connectivity index (χ0v) is 15.2. The molecular formula is C19H22BrCl. The Bertz CT molecular complexity index is 587. The van der Waals surface area contributed by atoms with Crippen LogP contribution in [-0.4, -0.2) is 0 Å². The largest absolute Gasteiger partial charge is 0.0843 e. The Balaban J connectivity index is 2.11. The van der Waals surface area contributed by atoms with Crippen LogP contribution in [0.5, 0.6) is 0 Å². The SMILES string of the molecule is CCC(C)(C)c1ccc(C(Br)Cc2cccc(Cl)c2)cc1. The van der Waals surface area contributed by atoms with E-state index in [4.69, 9.17) is 11.6 Å². The Morgan fingerprint density at radius 3 is 2.33 bits per heavy atom. The summed E-state index contributed by atoms with van der Waals surface area (Å²) in [6.07, 6.45) is 2.09. The molecule has 0 bridgehead atoms. The molecule has 2 heteroatoms. The van der Waals surface area contributed by atoms with E-state index in [1.165, 1.54) is 16.7 Å². The molecule has 2 aromatic carbocycles. The third-order valence-corrected chi connectivity index (χ3v) is 5.33. The first kappa shape index (κ1) is 16.6. The number of benzene rings is 2. The summed E-state index contributed by atoms with van der Waals surface area (Å²) in [6.45, 7) is 6.82. The topological polar surface area (TPSA) is 0 Å². The first-order valence-corrected chi connectivity index (χ1v) is 8.70. The number of rotatable bonds is 5. The average Bonchev–Trinajstić information content (AvgIpc) is 2.47. The molecule has 0 aliphatic heterocycles. The first-order chi connectivity index (χ1) is 9.92. The van der Waals surface area contributed by atoms with E-state index in [0.29, 0.717) is 4.83 Å². The maximum absolute atomic E-state index is 6.05. The van der Waals surface area contributed by atoms with Crippen LogP contribution >= 0.6 is 27.5 Å². The maximum atomic E-state index is 6.05. The molecule has 0 fully saturated rings. The third-order valence-electron chi connectivity index (χ3n) is 4.24. The Morgan fingerprint density at radius 1 is 1.10 bits per heavy atom. The summed E-state index contributed by atoms with van der Waals surface area (Å²) in [4.78, 5) is 0.315. The molecule has 1 atom stereocenters. The van der Waals surface area contributed by atoms with Gasteiger partial charge in [-0.25, -0.2) is 0 Å². The highest BCUT2D eigenvalue weighted by Crippen LogP contribution is 2.31. The number of hydrogen-bond acceptors (Lipinski definition) is 0. The van der Waals surface area contributed by atoms with Crippen LogP contribution in [0, 0.1) is 0 Å². The van der Waals surface area contributed by atoms with Crippen LogP contribution in [0.3, 0.4) is 0 Å². The van der Waals surface area contributed by atoms with Crippen molar-refractivity contribution in [3.05, 3.63) is 70.2 Å². The highest BCUT2D eigenvalue weighted by Gasteiger charge is 2.18. The predicted octanol–water partition coefficient (Wildman–Crippen LogP) is 6.71. The van der Waals surface area contributed by atoms with E-state index in [-0.39, 0.29) is 5.41 Å². The van der Waals surface area contributed by atoms with Gasteiger partial charge in [-0.15, -0.1) is 0 Å². The molecule has 0 aromatic heterocycles. The van der Waals surface area contributed by atoms with Crippen molar-refractivity contribution >= 4 is 27.5 Å². The van der Waals surface area contributed by atoms with Crippen molar-refractivity contribution in [2.24, 2.45) is 0 Å². The molecule has 1 unspecified atom stereocenters. The molecule has 0 aliphatic rings. The van der Waals surface area contributed by atoms with Gasteiger partial charge >= 0.3 is 0 Å². The molecule has 0 amide bonds. The van der Waals surface area contributed by atoms with Crippen molar-refractivity contribution in [3.63, 3.8) is 0 Å². The molecule has 0 saturated carbocycles. The second kappa shape index (κ2) is 6.98. The molecule has 112 valence electrons. The summed E-state index contributed by atoms with van der Waals surface area (Å²) in [7, 11) is 0. The van der Waals surface area contributed by atoms with E-state index >= 15 is 0 Å². The Kier molecular flexibility index (Phi) is 5.51. The van der Waals surface area contributed by atoms with Crippen LogP contribution in [-0.2, 0) is 11.8 Å². The lowest BCUT2D eigenvalue weighted by Gasteiger charge is -2.24. The Hall–Kier alpha value is -0.790. The molecule has 21 heavy (non-hydrogen) atoms. The zero-order valence-electron chi connectivity index (χ0n) is 12.9. The summed E-state index contributed by atoms with van der Waals surface area (Å²) >= 11 is 9.84. The van der Waals surface area contributed by atoms with Crippen molar-refractivity contribution in [3.8, 4) is 0 Å². The maximum Gasteiger partial charge on any atom is 0.0435 e. The average molecular weight is 366 g/mol. The van der Waals surface area contributed by atoms with E-state index in [9.17, 15) is 0 Å². The molecule has 0 N–H and O–H groups in total. The van der Waals surface area contributed by atoms with Gasteiger partial charge in [0.05, 0.1) is 0 Å². The van der Waals surface area contributed by atoms with Gasteiger partial charge in [0.2, 0.25) is 0 Å². The quantitative estimate of drug-likeness (QED) is 0.517. The normalized spacial score (nSPS) is 13.2. The lowest BCUT2D eigenvalue weighted by Crippen LogP contribution is -2.15. The lowest BCUT2D eigenvalue weighted by atomic mass is 9.82. The molecule has 0 radical (unpaired) electrons. The molecular weight excluding hydrogens is 344 g/mol. The first-order valence-electron chi connectivity index (χ1n) is 7.41. The van der Waals surface area contributed by atoms with Crippen LogP contribution < -0.4 is 0 Å². The van der Waals surface area contributed by atoms with E-state index in [1.54, 1.807) is 0 Å². The van der Waals surface area contributed by atoms with Gasteiger partial charge in [-0.2, -0.15) is 0 Å². The Morgan fingerprint density at radius 2 is 1.76 bits per heavy atom. The van der Waals surface area contributed by atoms with Gasteiger partial charge in [-0.3, -0.25) is 0 Å². The van der Waals surface area contributed by atoms with Gasteiger partial charge in [-0.05, 0) is 47.1 Å². The fourth-order valence-electron chi connectivity index (χ4n) is 2.34. The summed E-state index contributed by atoms with van der Waals surface area (Å²) < 4.78 is 0. The standard InChI is InChI=1S/C19H22BrCl/c1-4-19(2,3)16-10-8-15(9-11-16)18(20)13-14-6-5-7-17(21)12-14/h5-12,18H,4,13H2,1-3H3. The second-order valence-corrected chi connectivity index (χ2v) is 7.70. The minimum Gasteiger partial charge on any atom is -0.0843 e. The highest BCUT2D eigenvalue weighted by atomic mass is 79.9.